The second-order valence-corrected chi connectivity index (χ2v) is 6.32. The summed E-state index contributed by atoms with van der Waals surface area (Å²) in [6, 6.07) is 2.60. The van der Waals surface area contributed by atoms with E-state index in [4.69, 9.17) is 11.6 Å². The predicted molar refractivity (Wildman–Crippen MR) is 86.8 cm³/mol. The number of rotatable bonds is 7. The number of hydrogen-bond acceptors (Lipinski definition) is 3. The third-order valence-electron chi connectivity index (χ3n) is 3.45. The van der Waals surface area contributed by atoms with E-state index in [0.717, 1.165) is 42.2 Å². The second kappa shape index (κ2) is 7.25. The minimum atomic E-state index is 0.400. The maximum Gasteiger partial charge on any atom is 0.0847 e. The standard InChI is InChI=1S/C15H22ClN3S/c1-4-6-17-13(8-12-5-7-20-10-12)9-14-15(16)11(2)18-19(14)3/h5,7,10,13,17H,4,6,8-9H2,1-3H3. The monoisotopic (exact) mass is 311 g/mol. The molecule has 0 amide bonds. The van der Waals surface area contributed by atoms with Gasteiger partial charge in [-0.1, -0.05) is 18.5 Å². The van der Waals surface area contributed by atoms with Crippen LogP contribution in [0.3, 0.4) is 0 Å². The predicted octanol–water partition coefficient (Wildman–Crippen LogP) is 3.60. The van der Waals surface area contributed by atoms with Gasteiger partial charge in [-0.2, -0.15) is 16.4 Å². The molecular formula is C15H22ClN3S. The fraction of sp³-hybridized carbons (Fsp3) is 0.533. The highest BCUT2D eigenvalue weighted by Gasteiger charge is 2.17. The summed E-state index contributed by atoms with van der Waals surface area (Å²) in [5.41, 5.74) is 3.42. The lowest BCUT2D eigenvalue weighted by Crippen LogP contribution is -2.34. The van der Waals surface area contributed by atoms with Crippen LogP contribution in [0.2, 0.25) is 5.02 Å². The van der Waals surface area contributed by atoms with Gasteiger partial charge >= 0.3 is 0 Å². The van der Waals surface area contributed by atoms with Gasteiger partial charge in [-0.05, 0) is 48.7 Å². The Bertz CT molecular complexity index is 534. The van der Waals surface area contributed by atoms with E-state index in [9.17, 15) is 0 Å². The van der Waals surface area contributed by atoms with E-state index in [1.54, 1.807) is 11.3 Å². The molecule has 2 aromatic rings. The maximum atomic E-state index is 6.36. The molecule has 110 valence electrons. The average Bonchev–Trinajstić information content (AvgIpc) is 3.00. The number of nitrogens with one attached hydrogen (secondary N) is 1. The van der Waals surface area contributed by atoms with Crippen LogP contribution in [0, 0.1) is 6.92 Å². The molecule has 0 aliphatic heterocycles. The van der Waals surface area contributed by atoms with Crippen LogP contribution in [0.15, 0.2) is 16.8 Å². The SMILES string of the molecule is CCCNC(Cc1ccsc1)Cc1c(Cl)c(C)nn1C. The van der Waals surface area contributed by atoms with Gasteiger partial charge in [-0.3, -0.25) is 4.68 Å². The first-order valence-electron chi connectivity index (χ1n) is 7.04. The Balaban J connectivity index is 2.10. The van der Waals surface area contributed by atoms with Gasteiger partial charge < -0.3 is 5.32 Å². The van der Waals surface area contributed by atoms with Crippen LogP contribution in [0.1, 0.15) is 30.3 Å². The minimum Gasteiger partial charge on any atom is -0.313 e. The Morgan fingerprint density at radius 2 is 2.25 bits per heavy atom. The molecule has 1 atom stereocenters. The average molecular weight is 312 g/mol. The lowest BCUT2D eigenvalue weighted by atomic mass is 10.0. The summed E-state index contributed by atoms with van der Waals surface area (Å²) in [7, 11) is 1.97. The lowest BCUT2D eigenvalue weighted by Gasteiger charge is -2.18. The van der Waals surface area contributed by atoms with Crippen LogP contribution in [-0.4, -0.2) is 22.4 Å². The maximum absolute atomic E-state index is 6.36. The zero-order chi connectivity index (χ0) is 14.5. The van der Waals surface area contributed by atoms with Crippen molar-refractivity contribution in [3.63, 3.8) is 0 Å². The molecular weight excluding hydrogens is 290 g/mol. The minimum absolute atomic E-state index is 0.400. The van der Waals surface area contributed by atoms with E-state index < -0.39 is 0 Å². The number of halogens is 1. The normalized spacial score (nSPS) is 12.8. The molecule has 1 N–H and O–H groups in total. The summed E-state index contributed by atoms with van der Waals surface area (Å²) in [5, 5.41) is 13.2. The molecule has 0 bridgehead atoms. The zero-order valence-corrected chi connectivity index (χ0v) is 13.9. The number of aromatic nitrogens is 2. The Kier molecular flexibility index (Phi) is 5.64. The molecule has 0 radical (unpaired) electrons. The number of aryl methyl sites for hydroxylation is 2. The number of thiophene rings is 1. The molecule has 2 rings (SSSR count). The van der Waals surface area contributed by atoms with E-state index in [2.05, 4.69) is 34.2 Å². The van der Waals surface area contributed by atoms with Crippen molar-refractivity contribution in [2.45, 2.75) is 39.2 Å². The first-order valence-corrected chi connectivity index (χ1v) is 8.36. The van der Waals surface area contributed by atoms with Gasteiger partial charge in [0.05, 0.1) is 16.4 Å². The Labute approximate surface area is 130 Å². The van der Waals surface area contributed by atoms with Crippen molar-refractivity contribution in [2.75, 3.05) is 6.54 Å². The molecule has 5 heteroatoms. The summed E-state index contributed by atoms with van der Waals surface area (Å²) < 4.78 is 1.91. The largest absolute Gasteiger partial charge is 0.313 e. The Morgan fingerprint density at radius 1 is 1.45 bits per heavy atom. The van der Waals surface area contributed by atoms with Crippen molar-refractivity contribution in [3.8, 4) is 0 Å². The number of nitrogens with zero attached hydrogens (tertiary/aromatic N) is 2. The van der Waals surface area contributed by atoms with Crippen molar-refractivity contribution < 1.29 is 0 Å². The van der Waals surface area contributed by atoms with Gasteiger partial charge in [0.2, 0.25) is 0 Å². The second-order valence-electron chi connectivity index (χ2n) is 5.16. The molecule has 0 saturated carbocycles. The third-order valence-corrected chi connectivity index (χ3v) is 4.67. The molecule has 0 spiro atoms. The summed E-state index contributed by atoms with van der Waals surface area (Å²) >= 11 is 8.12. The molecule has 0 saturated heterocycles. The van der Waals surface area contributed by atoms with Gasteiger partial charge in [0, 0.05) is 19.5 Å². The van der Waals surface area contributed by atoms with E-state index >= 15 is 0 Å². The molecule has 1 unspecified atom stereocenters. The summed E-state index contributed by atoms with van der Waals surface area (Å²) in [6.07, 6.45) is 3.08. The highest BCUT2D eigenvalue weighted by atomic mass is 35.5. The van der Waals surface area contributed by atoms with Crippen molar-refractivity contribution in [3.05, 3.63) is 38.8 Å². The quantitative estimate of drug-likeness (QED) is 0.846. The van der Waals surface area contributed by atoms with Gasteiger partial charge in [-0.15, -0.1) is 0 Å². The van der Waals surface area contributed by atoms with Crippen LogP contribution in [0.4, 0.5) is 0 Å². The highest BCUT2D eigenvalue weighted by molar-refractivity contribution is 7.07. The summed E-state index contributed by atoms with van der Waals surface area (Å²) in [4.78, 5) is 0. The Morgan fingerprint density at radius 3 is 2.80 bits per heavy atom. The fourth-order valence-corrected chi connectivity index (χ4v) is 3.31. The molecule has 3 nitrogen and oxygen atoms in total. The molecule has 2 aromatic heterocycles. The van der Waals surface area contributed by atoms with Crippen LogP contribution < -0.4 is 5.32 Å². The first-order chi connectivity index (χ1) is 9.61. The molecule has 0 fully saturated rings. The van der Waals surface area contributed by atoms with Crippen molar-refractivity contribution in [1.82, 2.24) is 15.1 Å². The molecule has 20 heavy (non-hydrogen) atoms. The van der Waals surface area contributed by atoms with Gasteiger partial charge in [-0.25, -0.2) is 0 Å². The van der Waals surface area contributed by atoms with Gasteiger partial charge in [0.25, 0.3) is 0 Å². The van der Waals surface area contributed by atoms with E-state index in [-0.39, 0.29) is 0 Å². The zero-order valence-electron chi connectivity index (χ0n) is 12.3. The molecule has 0 aliphatic carbocycles. The topological polar surface area (TPSA) is 29.9 Å². The van der Waals surface area contributed by atoms with Crippen LogP contribution in [0.5, 0.6) is 0 Å². The number of hydrogen-bond donors (Lipinski definition) is 1. The van der Waals surface area contributed by atoms with E-state index in [1.165, 1.54) is 5.56 Å². The van der Waals surface area contributed by atoms with Gasteiger partial charge in [0.15, 0.2) is 0 Å². The van der Waals surface area contributed by atoms with E-state index in [1.807, 2.05) is 18.7 Å². The van der Waals surface area contributed by atoms with Crippen molar-refractivity contribution >= 4 is 22.9 Å². The fourth-order valence-electron chi connectivity index (χ4n) is 2.39. The lowest BCUT2D eigenvalue weighted by molar-refractivity contribution is 0.491. The van der Waals surface area contributed by atoms with E-state index in [0.29, 0.717) is 6.04 Å². The van der Waals surface area contributed by atoms with Crippen LogP contribution in [0.25, 0.3) is 0 Å². The molecule has 0 aromatic carbocycles. The third kappa shape index (κ3) is 3.84. The highest BCUT2D eigenvalue weighted by Crippen LogP contribution is 2.22. The molecule has 0 aliphatic rings. The van der Waals surface area contributed by atoms with Crippen LogP contribution >= 0.6 is 22.9 Å². The first kappa shape index (κ1) is 15.5. The smallest absolute Gasteiger partial charge is 0.0847 e. The van der Waals surface area contributed by atoms with Crippen molar-refractivity contribution in [2.24, 2.45) is 7.05 Å². The van der Waals surface area contributed by atoms with Crippen molar-refractivity contribution in [1.29, 1.82) is 0 Å². The van der Waals surface area contributed by atoms with Crippen LogP contribution in [-0.2, 0) is 19.9 Å². The molecule has 2 heterocycles. The summed E-state index contributed by atoms with van der Waals surface area (Å²) in [5.74, 6) is 0. The Hall–Kier alpha value is -0.840. The van der Waals surface area contributed by atoms with Gasteiger partial charge in [0.1, 0.15) is 0 Å². The summed E-state index contributed by atoms with van der Waals surface area (Å²) in [6.45, 7) is 5.18.